The maximum Gasteiger partial charge on any atom is 0.264 e. The first kappa shape index (κ1) is 21.1. The van der Waals surface area contributed by atoms with E-state index in [0.717, 1.165) is 0 Å². The van der Waals surface area contributed by atoms with E-state index in [1.54, 1.807) is 43.5 Å². The Hall–Kier alpha value is -2.58. The molecule has 1 aliphatic carbocycles. The van der Waals surface area contributed by atoms with E-state index in [9.17, 15) is 18.3 Å². The van der Waals surface area contributed by atoms with Crippen molar-refractivity contribution in [1.82, 2.24) is 5.32 Å². The summed E-state index contributed by atoms with van der Waals surface area (Å²) >= 11 is 0. The topological polar surface area (TPSA) is 95.9 Å². The summed E-state index contributed by atoms with van der Waals surface area (Å²) in [7, 11) is -0.816. The second-order valence-corrected chi connectivity index (χ2v) is 9.15. The predicted octanol–water partition coefficient (Wildman–Crippen LogP) is 2.55. The van der Waals surface area contributed by atoms with Crippen molar-refractivity contribution >= 4 is 21.6 Å². The van der Waals surface area contributed by atoms with Crippen LogP contribution >= 0.6 is 0 Å². The molecule has 0 radical (unpaired) electrons. The average Bonchev–Trinajstić information content (AvgIpc) is 2.75. The van der Waals surface area contributed by atoms with E-state index in [1.807, 2.05) is 0 Å². The second-order valence-electron chi connectivity index (χ2n) is 7.18. The zero-order valence-electron chi connectivity index (χ0n) is 16.5. The van der Waals surface area contributed by atoms with Gasteiger partial charge < -0.3 is 15.2 Å². The van der Waals surface area contributed by atoms with Crippen molar-refractivity contribution in [3.8, 4) is 5.75 Å². The standard InChI is InChI=1S/C21H26N2O5S/c1-23(17-8-12-19(28-2)13-9-17)29(26,27)20-5-3-4-15(14-20)21(25)22-16-6-10-18(24)11-7-16/h3-5,8-9,12-14,16,18,24H,6-7,10-11H2,1-2H3,(H,22,25). The van der Waals surface area contributed by atoms with Crippen LogP contribution in [0.1, 0.15) is 36.0 Å². The van der Waals surface area contributed by atoms with Gasteiger partial charge in [0.05, 0.1) is 23.8 Å². The first-order chi connectivity index (χ1) is 13.8. The van der Waals surface area contributed by atoms with Crippen molar-refractivity contribution in [2.75, 3.05) is 18.5 Å². The summed E-state index contributed by atoms with van der Waals surface area (Å²) in [5, 5.41) is 12.5. The van der Waals surface area contributed by atoms with Crippen molar-refractivity contribution in [2.45, 2.75) is 42.7 Å². The minimum absolute atomic E-state index is 0.00636. The number of hydrogen-bond acceptors (Lipinski definition) is 5. The number of aliphatic hydroxyl groups is 1. The highest BCUT2D eigenvalue weighted by Gasteiger charge is 2.24. The third kappa shape index (κ3) is 4.89. The van der Waals surface area contributed by atoms with E-state index >= 15 is 0 Å². The molecule has 1 amide bonds. The number of carbonyl (C=O) groups excluding carboxylic acids is 1. The third-order valence-corrected chi connectivity index (χ3v) is 7.00. The summed E-state index contributed by atoms with van der Waals surface area (Å²) in [4.78, 5) is 12.6. The van der Waals surface area contributed by atoms with Gasteiger partial charge in [0.15, 0.2) is 0 Å². The number of aliphatic hydroxyl groups excluding tert-OH is 1. The summed E-state index contributed by atoms with van der Waals surface area (Å²) in [5.41, 5.74) is 0.779. The molecule has 0 atom stereocenters. The SMILES string of the molecule is COc1ccc(N(C)S(=O)(=O)c2cccc(C(=O)NC3CCC(O)CC3)c2)cc1. The Morgan fingerprint density at radius 1 is 1.10 bits per heavy atom. The van der Waals surface area contributed by atoms with Gasteiger partial charge in [-0.15, -0.1) is 0 Å². The van der Waals surface area contributed by atoms with Gasteiger partial charge in [-0.1, -0.05) is 6.07 Å². The lowest BCUT2D eigenvalue weighted by Gasteiger charge is -2.26. The third-order valence-electron chi connectivity index (χ3n) is 5.22. The van der Waals surface area contributed by atoms with Crippen molar-refractivity contribution < 1.29 is 23.1 Å². The van der Waals surface area contributed by atoms with Gasteiger partial charge in [-0.3, -0.25) is 9.10 Å². The van der Waals surface area contributed by atoms with E-state index in [0.29, 0.717) is 42.7 Å². The summed E-state index contributed by atoms with van der Waals surface area (Å²) in [5.74, 6) is 0.323. The number of ether oxygens (including phenoxy) is 1. The fourth-order valence-corrected chi connectivity index (χ4v) is 4.62. The minimum atomic E-state index is -3.83. The molecule has 0 spiro atoms. The molecule has 0 unspecified atom stereocenters. The molecule has 29 heavy (non-hydrogen) atoms. The van der Waals surface area contributed by atoms with Gasteiger partial charge in [0.1, 0.15) is 5.75 Å². The molecule has 2 N–H and O–H groups in total. The Kier molecular flexibility index (Phi) is 6.44. The van der Waals surface area contributed by atoms with Crippen molar-refractivity contribution in [2.24, 2.45) is 0 Å². The number of methoxy groups -OCH3 is 1. The first-order valence-electron chi connectivity index (χ1n) is 9.53. The largest absolute Gasteiger partial charge is 0.497 e. The molecule has 1 saturated carbocycles. The molecule has 2 aromatic rings. The molecule has 3 rings (SSSR count). The highest BCUT2D eigenvalue weighted by Crippen LogP contribution is 2.25. The van der Waals surface area contributed by atoms with E-state index in [2.05, 4.69) is 5.32 Å². The average molecular weight is 419 g/mol. The van der Waals surface area contributed by atoms with Crippen molar-refractivity contribution in [3.05, 3.63) is 54.1 Å². The summed E-state index contributed by atoms with van der Waals surface area (Å²) in [6.07, 6.45) is 2.44. The van der Waals surface area contributed by atoms with Gasteiger partial charge in [-0.2, -0.15) is 0 Å². The Morgan fingerprint density at radius 2 is 1.76 bits per heavy atom. The Labute approximate surface area is 171 Å². The second kappa shape index (κ2) is 8.84. The number of amides is 1. The van der Waals surface area contributed by atoms with E-state index < -0.39 is 10.0 Å². The monoisotopic (exact) mass is 418 g/mol. The molecule has 156 valence electrons. The number of benzene rings is 2. The number of nitrogens with one attached hydrogen (secondary N) is 1. The minimum Gasteiger partial charge on any atom is -0.497 e. The number of nitrogens with zero attached hydrogens (tertiary/aromatic N) is 1. The normalized spacial score (nSPS) is 19.4. The molecule has 0 aromatic heterocycles. The number of rotatable bonds is 6. The van der Waals surface area contributed by atoms with Gasteiger partial charge in [-0.05, 0) is 68.1 Å². The molecule has 7 nitrogen and oxygen atoms in total. The predicted molar refractivity (Wildman–Crippen MR) is 111 cm³/mol. The van der Waals surface area contributed by atoms with Crippen LogP contribution in [0.5, 0.6) is 5.75 Å². The van der Waals surface area contributed by atoms with Gasteiger partial charge in [0, 0.05) is 18.7 Å². The maximum absolute atomic E-state index is 13.0. The first-order valence-corrected chi connectivity index (χ1v) is 11.0. The zero-order chi connectivity index (χ0) is 21.0. The lowest BCUT2D eigenvalue weighted by atomic mass is 9.93. The van der Waals surface area contributed by atoms with E-state index in [4.69, 9.17) is 4.74 Å². The highest BCUT2D eigenvalue weighted by molar-refractivity contribution is 7.92. The Bertz CT molecular complexity index is 951. The van der Waals surface area contributed by atoms with Crippen LogP contribution in [0.3, 0.4) is 0 Å². The van der Waals surface area contributed by atoms with Gasteiger partial charge in [0.25, 0.3) is 15.9 Å². The lowest BCUT2D eigenvalue weighted by molar-refractivity contribution is 0.0867. The highest BCUT2D eigenvalue weighted by atomic mass is 32.2. The Balaban J connectivity index is 1.77. The Morgan fingerprint density at radius 3 is 2.38 bits per heavy atom. The van der Waals surface area contributed by atoms with Crippen LogP contribution in [0.15, 0.2) is 53.4 Å². The van der Waals surface area contributed by atoms with E-state index in [1.165, 1.54) is 23.5 Å². The molecule has 8 heteroatoms. The summed E-state index contributed by atoms with van der Waals surface area (Å²) < 4.78 is 32.3. The van der Waals surface area contributed by atoms with Crippen LogP contribution in [-0.2, 0) is 10.0 Å². The molecular weight excluding hydrogens is 392 g/mol. The number of anilines is 1. The molecule has 2 aromatic carbocycles. The molecule has 0 saturated heterocycles. The lowest BCUT2D eigenvalue weighted by Crippen LogP contribution is -2.38. The maximum atomic E-state index is 13.0. The van der Waals surface area contributed by atoms with E-state index in [-0.39, 0.29) is 22.9 Å². The van der Waals surface area contributed by atoms with Gasteiger partial charge >= 0.3 is 0 Å². The number of sulfonamides is 1. The van der Waals surface area contributed by atoms with Crippen LogP contribution < -0.4 is 14.4 Å². The van der Waals surface area contributed by atoms with Crippen LogP contribution in [0.2, 0.25) is 0 Å². The van der Waals surface area contributed by atoms with Crippen LogP contribution in [0.4, 0.5) is 5.69 Å². The van der Waals surface area contributed by atoms with Crippen LogP contribution in [0, 0.1) is 0 Å². The van der Waals surface area contributed by atoms with Gasteiger partial charge in [0.2, 0.25) is 0 Å². The molecule has 0 aliphatic heterocycles. The van der Waals surface area contributed by atoms with Crippen LogP contribution in [0.25, 0.3) is 0 Å². The fraction of sp³-hybridized carbons (Fsp3) is 0.381. The molecule has 1 fully saturated rings. The molecule has 0 bridgehead atoms. The van der Waals surface area contributed by atoms with Crippen LogP contribution in [-0.4, -0.2) is 45.7 Å². The van der Waals surface area contributed by atoms with Crippen molar-refractivity contribution in [1.29, 1.82) is 0 Å². The number of hydrogen-bond donors (Lipinski definition) is 2. The quantitative estimate of drug-likeness (QED) is 0.752. The summed E-state index contributed by atoms with van der Waals surface area (Å²) in [6.45, 7) is 0. The molecule has 0 heterocycles. The molecule has 1 aliphatic rings. The fourth-order valence-electron chi connectivity index (χ4n) is 3.38. The number of carbonyl (C=O) groups is 1. The summed E-state index contributed by atoms with van der Waals surface area (Å²) in [6, 6.07) is 12.7. The zero-order valence-corrected chi connectivity index (χ0v) is 17.4. The molecular formula is C21H26N2O5S. The van der Waals surface area contributed by atoms with Gasteiger partial charge in [-0.25, -0.2) is 8.42 Å². The smallest absolute Gasteiger partial charge is 0.264 e. The van der Waals surface area contributed by atoms with Crippen molar-refractivity contribution in [3.63, 3.8) is 0 Å².